The lowest BCUT2D eigenvalue weighted by Crippen LogP contribution is -2.42. The van der Waals surface area contributed by atoms with Crippen LogP contribution in [0.5, 0.6) is 0 Å². The van der Waals surface area contributed by atoms with E-state index in [2.05, 4.69) is 14.0 Å². The fourth-order valence-corrected chi connectivity index (χ4v) is 2.67. The highest BCUT2D eigenvalue weighted by Crippen LogP contribution is 2.32. The molecule has 1 aromatic rings. The third kappa shape index (κ3) is 3.02. The van der Waals surface area contributed by atoms with Crippen LogP contribution in [0.25, 0.3) is 0 Å². The van der Waals surface area contributed by atoms with Crippen molar-refractivity contribution in [1.82, 2.24) is 5.32 Å². The summed E-state index contributed by atoms with van der Waals surface area (Å²) in [6, 6.07) is 5.06. The Kier molecular flexibility index (Phi) is 4.52. The van der Waals surface area contributed by atoms with Crippen molar-refractivity contribution in [2.75, 3.05) is 6.54 Å². The molecule has 0 saturated heterocycles. The average Bonchev–Trinajstić information content (AvgIpc) is 2.95. The number of hydrogen-bond donors (Lipinski definition) is 2. The summed E-state index contributed by atoms with van der Waals surface area (Å²) < 4.78 is 8.16. The Morgan fingerprint density at radius 2 is 1.90 bits per heavy atom. The third-order valence-corrected chi connectivity index (χ3v) is 4.47. The van der Waals surface area contributed by atoms with Crippen LogP contribution in [0.15, 0.2) is 26.9 Å². The van der Waals surface area contributed by atoms with Gasteiger partial charge < -0.3 is 10.4 Å². The smallest absolute Gasteiger partial charge is 0.311 e. The molecule has 0 bridgehead atoms. The minimum absolute atomic E-state index is 0.113. The second-order valence-corrected chi connectivity index (χ2v) is 5.47. The fraction of sp³-hybridized carbons (Fsp3) is 0.429. The number of nitrogens with zero attached hydrogens (tertiary/aromatic N) is 2. The monoisotopic (exact) mass is 307 g/mol. The maximum atomic E-state index is 12.2. The first-order valence-corrected chi connectivity index (χ1v) is 7.49. The van der Waals surface area contributed by atoms with E-state index >= 15 is 0 Å². The van der Waals surface area contributed by atoms with Crippen LogP contribution in [0.4, 0.5) is 11.4 Å². The molecule has 0 saturated carbocycles. The van der Waals surface area contributed by atoms with E-state index in [0.717, 1.165) is 17.0 Å². The fourth-order valence-electron chi connectivity index (χ4n) is 2.15. The van der Waals surface area contributed by atoms with Crippen molar-refractivity contribution >= 4 is 34.6 Å². The molecule has 0 atom stereocenters. The van der Waals surface area contributed by atoms with Crippen molar-refractivity contribution in [1.29, 1.82) is 0 Å². The van der Waals surface area contributed by atoms with Crippen molar-refractivity contribution in [3.63, 3.8) is 0 Å². The van der Waals surface area contributed by atoms with Gasteiger partial charge in [0, 0.05) is 12.1 Å². The molecular formula is C14H17N3O3S. The van der Waals surface area contributed by atoms with Crippen molar-refractivity contribution in [3.05, 3.63) is 23.8 Å². The molecule has 0 spiro atoms. The van der Waals surface area contributed by atoms with Gasteiger partial charge in [0.05, 0.1) is 16.8 Å². The van der Waals surface area contributed by atoms with Crippen LogP contribution < -0.4 is 5.32 Å². The van der Waals surface area contributed by atoms with E-state index in [1.165, 1.54) is 0 Å². The maximum absolute atomic E-state index is 12.2. The molecule has 6 nitrogen and oxygen atoms in total. The summed E-state index contributed by atoms with van der Waals surface area (Å²) in [7, 11) is 0. The molecule has 0 unspecified atom stereocenters. The molecule has 1 amide bonds. The first-order valence-electron chi connectivity index (χ1n) is 6.76. The molecule has 1 aliphatic heterocycles. The number of nitrogens with one attached hydrogen (secondary N) is 1. The predicted octanol–water partition coefficient (Wildman–Crippen LogP) is 3.03. The van der Waals surface area contributed by atoms with Gasteiger partial charge in [-0.05, 0) is 31.0 Å². The highest BCUT2D eigenvalue weighted by molar-refractivity contribution is 7.58. The normalized spacial score (nSPS) is 12.7. The number of aliphatic carboxylic acids is 1. The lowest BCUT2D eigenvalue weighted by molar-refractivity contribution is -0.149. The van der Waals surface area contributed by atoms with E-state index in [4.69, 9.17) is 0 Å². The molecule has 21 heavy (non-hydrogen) atoms. The van der Waals surface area contributed by atoms with E-state index < -0.39 is 11.4 Å². The molecule has 2 rings (SSSR count). The molecule has 1 aliphatic rings. The van der Waals surface area contributed by atoms with Gasteiger partial charge in [0.1, 0.15) is 11.4 Å². The van der Waals surface area contributed by atoms with Gasteiger partial charge in [-0.25, -0.2) is 0 Å². The number of carbonyl (C=O) groups is 2. The summed E-state index contributed by atoms with van der Waals surface area (Å²) in [4.78, 5) is 23.6. The number of hydrogen-bond acceptors (Lipinski definition) is 4. The van der Waals surface area contributed by atoms with E-state index in [1.54, 1.807) is 18.2 Å². The van der Waals surface area contributed by atoms with Crippen LogP contribution in [0.2, 0.25) is 0 Å². The molecule has 112 valence electrons. The highest BCUT2D eigenvalue weighted by atomic mass is 32.1. The van der Waals surface area contributed by atoms with E-state index in [-0.39, 0.29) is 12.5 Å². The number of carbonyl (C=O) groups excluding carboxylic acids is 1. The Balaban J connectivity index is 2.08. The Morgan fingerprint density at radius 3 is 2.52 bits per heavy atom. The minimum atomic E-state index is -0.915. The lowest BCUT2D eigenvalue weighted by atomic mass is 9.82. The Hall–Kier alpha value is -2.02. The van der Waals surface area contributed by atoms with Gasteiger partial charge in [-0.3, -0.25) is 9.59 Å². The maximum Gasteiger partial charge on any atom is 0.311 e. The number of carboxylic acid groups (broad SMARTS) is 1. The first kappa shape index (κ1) is 15.4. The molecule has 2 N–H and O–H groups in total. The van der Waals surface area contributed by atoms with Gasteiger partial charge in [-0.15, -0.1) is 0 Å². The predicted molar refractivity (Wildman–Crippen MR) is 81.0 cm³/mol. The van der Waals surface area contributed by atoms with Crippen molar-refractivity contribution in [3.8, 4) is 0 Å². The quantitative estimate of drug-likeness (QED) is 0.859. The van der Waals surface area contributed by atoms with Gasteiger partial charge in [0.15, 0.2) is 0 Å². The summed E-state index contributed by atoms with van der Waals surface area (Å²) in [5.74, 6) is -1.18. The summed E-state index contributed by atoms with van der Waals surface area (Å²) >= 11 is 1.09. The van der Waals surface area contributed by atoms with E-state index in [9.17, 15) is 14.7 Å². The Bertz CT molecular complexity index is 647. The van der Waals surface area contributed by atoms with Gasteiger partial charge in [0.25, 0.3) is 5.91 Å². The van der Waals surface area contributed by atoms with Crippen molar-refractivity contribution in [2.24, 2.45) is 14.1 Å². The number of benzene rings is 1. The molecule has 0 radical (unpaired) electrons. The summed E-state index contributed by atoms with van der Waals surface area (Å²) in [6.07, 6.45) is 0.933. The summed E-state index contributed by atoms with van der Waals surface area (Å²) in [5.41, 5.74) is 0.963. The van der Waals surface area contributed by atoms with Gasteiger partial charge in [-0.2, -0.15) is 8.73 Å². The van der Waals surface area contributed by atoms with Crippen LogP contribution in [0, 0.1) is 5.41 Å². The number of rotatable bonds is 6. The van der Waals surface area contributed by atoms with Crippen LogP contribution in [-0.4, -0.2) is 23.5 Å². The van der Waals surface area contributed by atoms with E-state index in [0.29, 0.717) is 24.1 Å². The Labute approximate surface area is 126 Å². The molecule has 1 aromatic carbocycles. The molecule has 0 aromatic heterocycles. The van der Waals surface area contributed by atoms with Crippen LogP contribution >= 0.6 is 0 Å². The number of fused-ring (bicyclic) bond motifs is 1. The van der Waals surface area contributed by atoms with Crippen LogP contribution in [0.3, 0.4) is 0 Å². The third-order valence-electron chi connectivity index (χ3n) is 3.91. The number of carboxylic acids is 1. The minimum Gasteiger partial charge on any atom is -0.481 e. The van der Waals surface area contributed by atoms with E-state index in [1.807, 2.05) is 13.8 Å². The van der Waals surface area contributed by atoms with Crippen LogP contribution in [0.1, 0.15) is 37.0 Å². The molecule has 0 fully saturated rings. The zero-order valence-corrected chi connectivity index (χ0v) is 12.7. The second-order valence-electron chi connectivity index (χ2n) is 4.94. The van der Waals surface area contributed by atoms with Gasteiger partial charge >= 0.3 is 5.97 Å². The van der Waals surface area contributed by atoms with Crippen LogP contribution in [-0.2, 0) is 16.1 Å². The molecule has 1 heterocycles. The Morgan fingerprint density at radius 1 is 1.24 bits per heavy atom. The van der Waals surface area contributed by atoms with Crippen molar-refractivity contribution in [2.45, 2.75) is 26.7 Å². The summed E-state index contributed by atoms with van der Waals surface area (Å²) in [6.45, 7) is 3.75. The standard InChI is InChI=1S/C14H17N3O3S/c1-3-14(4-2,13(19)20)8-15-12(18)9-5-6-10-11(7-9)17-21-16-10/h5-7H,3-4,8H2,1-2H3,(H,15,18)(H,19,20). The van der Waals surface area contributed by atoms with Gasteiger partial charge in [-0.1, -0.05) is 13.8 Å². The second kappa shape index (κ2) is 6.17. The number of amides is 1. The average molecular weight is 307 g/mol. The highest BCUT2D eigenvalue weighted by Gasteiger charge is 2.35. The zero-order valence-electron chi connectivity index (χ0n) is 11.9. The zero-order chi connectivity index (χ0) is 15.5. The van der Waals surface area contributed by atoms with Crippen molar-refractivity contribution < 1.29 is 14.7 Å². The molecular weight excluding hydrogens is 290 g/mol. The lowest BCUT2D eigenvalue weighted by Gasteiger charge is -2.26. The first-order chi connectivity index (χ1) is 10.0. The largest absolute Gasteiger partial charge is 0.481 e. The molecule has 0 aliphatic carbocycles. The topological polar surface area (TPSA) is 91.1 Å². The summed E-state index contributed by atoms with van der Waals surface area (Å²) in [5, 5.41) is 12.1. The SMILES string of the molecule is CCC(CC)(CNC(=O)c1ccc2c(c1)N=S=N2)C(=O)O. The molecule has 7 heteroatoms. The van der Waals surface area contributed by atoms with Gasteiger partial charge in [0.2, 0.25) is 0 Å².